The van der Waals surface area contributed by atoms with Gasteiger partial charge in [0.15, 0.2) is 11.0 Å². The number of likely N-dealkylation sites (N-methyl/N-ethyl adjacent to an activating group) is 1. The highest BCUT2D eigenvalue weighted by Gasteiger charge is 2.38. The normalized spacial score (nSPS) is 23.0. The number of aromatic nitrogens is 1. The van der Waals surface area contributed by atoms with E-state index in [0.29, 0.717) is 29.8 Å². The molecule has 8 nitrogen and oxygen atoms in total. The largest absolute Gasteiger partial charge is 0.477 e. The van der Waals surface area contributed by atoms with Gasteiger partial charge >= 0.3 is 5.97 Å². The Kier molecular flexibility index (Phi) is 4.88. The van der Waals surface area contributed by atoms with Crippen molar-refractivity contribution in [1.82, 2.24) is 15.2 Å². The minimum absolute atomic E-state index is 0.0142. The molecule has 25 heavy (non-hydrogen) atoms. The van der Waals surface area contributed by atoms with Crippen LogP contribution in [0, 0.1) is 6.92 Å². The van der Waals surface area contributed by atoms with Crippen LogP contribution in [-0.4, -0.2) is 70.4 Å². The van der Waals surface area contributed by atoms with Crippen LogP contribution in [0.2, 0.25) is 0 Å². The molecule has 2 aliphatic heterocycles. The highest BCUT2D eigenvalue weighted by Crippen LogP contribution is 2.30. The van der Waals surface area contributed by atoms with Crippen LogP contribution in [0.5, 0.6) is 0 Å². The van der Waals surface area contributed by atoms with Gasteiger partial charge in [-0.05, 0) is 13.3 Å². The summed E-state index contributed by atoms with van der Waals surface area (Å²) >= 11 is 7.27. The summed E-state index contributed by atoms with van der Waals surface area (Å²) in [5.41, 5.74) is 0.103. The highest BCUT2D eigenvalue weighted by atomic mass is 35.5. The van der Waals surface area contributed by atoms with E-state index in [0.717, 1.165) is 17.8 Å². The van der Waals surface area contributed by atoms with Crippen molar-refractivity contribution in [2.45, 2.75) is 37.9 Å². The van der Waals surface area contributed by atoms with Crippen LogP contribution >= 0.6 is 22.9 Å². The Hall–Kier alpha value is -1.87. The maximum absolute atomic E-state index is 12.5. The molecule has 2 atom stereocenters. The molecule has 2 N–H and O–H groups in total. The van der Waals surface area contributed by atoms with Crippen molar-refractivity contribution in [3.8, 4) is 0 Å². The minimum atomic E-state index is -0.961. The first-order valence-corrected chi connectivity index (χ1v) is 9.28. The molecule has 3 heterocycles. The third-order valence-electron chi connectivity index (χ3n) is 4.53. The summed E-state index contributed by atoms with van der Waals surface area (Å²) in [5, 5.41) is 12.9. The molecule has 2 aliphatic rings. The average molecular weight is 386 g/mol. The zero-order valence-corrected chi connectivity index (χ0v) is 15.8. The number of aromatic carboxylic acids is 1. The van der Waals surface area contributed by atoms with Crippen LogP contribution in [-0.2, 0) is 4.79 Å². The number of rotatable bonds is 5. The van der Waals surface area contributed by atoms with Crippen LogP contribution < -0.4 is 10.2 Å². The van der Waals surface area contributed by atoms with Crippen molar-refractivity contribution < 1.29 is 14.7 Å². The van der Waals surface area contributed by atoms with Gasteiger partial charge in [0.25, 0.3) is 5.91 Å². The first-order chi connectivity index (χ1) is 11.8. The lowest BCUT2D eigenvalue weighted by molar-refractivity contribution is -0.125. The second-order valence-corrected chi connectivity index (χ2v) is 7.63. The third kappa shape index (κ3) is 3.30. The quantitative estimate of drug-likeness (QED) is 0.582. The van der Waals surface area contributed by atoms with E-state index in [1.165, 1.54) is 0 Å². The Balaban J connectivity index is 1.59. The molecule has 3 rings (SSSR count). The van der Waals surface area contributed by atoms with Gasteiger partial charge in [-0.25, -0.2) is 14.8 Å². The predicted molar refractivity (Wildman–Crippen MR) is 96.9 cm³/mol. The van der Waals surface area contributed by atoms with E-state index in [1.807, 2.05) is 11.8 Å². The van der Waals surface area contributed by atoms with Gasteiger partial charge in [0, 0.05) is 20.1 Å². The Morgan fingerprint density at radius 1 is 1.48 bits per heavy atom. The number of alkyl halides is 1. The number of carboxylic acids is 1. The number of hydrogen-bond donors (Lipinski definition) is 2. The second kappa shape index (κ2) is 6.80. The Morgan fingerprint density at radius 2 is 2.16 bits per heavy atom. The molecule has 10 heteroatoms. The maximum atomic E-state index is 12.5. The number of amidine groups is 1. The monoisotopic (exact) mass is 385 g/mol. The lowest BCUT2D eigenvalue weighted by atomic mass is 10.1. The number of amides is 1. The van der Waals surface area contributed by atoms with E-state index in [1.54, 1.807) is 18.9 Å². The maximum Gasteiger partial charge on any atom is 0.347 e. The summed E-state index contributed by atoms with van der Waals surface area (Å²) in [6, 6.07) is 0.0172. The summed E-state index contributed by atoms with van der Waals surface area (Å²) in [6.07, 6.45) is 0.796. The number of carbonyl (C=O) groups excluding carboxylic acids is 1. The molecule has 1 amide bonds. The van der Waals surface area contributed by atoms with E-state index in [2.05, 4.69) is 15.3 Å². The summed E-state index contributed by atoms with van der Waals surface area (Å²) < 4.78 is 0. The van der Waals surface area contributed by atoms with Crippen LogP contribution in [0.25, 0.3) is 0 Å². The summed E-state index contributed by atoms with van der Waals surface area (Å²) in [5.74, 6) is -0.823. The van der Waals surface area contributed by atoms with Crippen molar-refractivity contribution in [3.05, 3.63) is 10.6 Å². The number of hydrogen-bond acceptors (Lipinski definition) is 7. The molecule has 0 spiro atoms. The number of nitrogens with one attached hydrogen (secondary N) is 1. The zero-order chi connectivity index (χ0) is 18.3. The number of aliphatic imine (C=N–C) groups is 1. The SMILES string of the molecule is CCC1NC(C(=O)N(C)C2CN(c3nc(C)c(C(=O)O)s3)C2)=NC1Cl. The molecule has 1 aromatic rings. The van der Waals surface area contributed by atoms with Crippen molar-refractivity contribution in [2.24, 2.45) is 4.99 Å². The lowest BCUT2D eigenvalue weighted by Crippen LogP contribution is -2.61. The topological polar surface area (TPSA) is 98.1 Å². The molecule has 2 unspecified atom stereocenters. The fourth-order valence-corrected chi connectivity index (χ4v) is 4.08. The van der Waals surface area contributed by atoms with Crippen LogP contribution in [0.1, 0.15) is 28.7 Å². The molecular formula is C15H20ClN5O3S. The summed E-state index contributed by atoms with van der Waals surface area (Å²) in [7, 11) is 1.74. The minimum Gasteiger partial charge on any atom is -0.477 e. The standard InChI is InChI=1S/C15H20ClN5O3S/c1-4-9-11(16)19-12(18-9)13(22)20(3)8-5-21(6-8)15-17-7(2)10(25-15)14(23)24/h8-9,11H,4-6H2,1-3H3,(H,18,19)(H,23,24). The van der Waals surface area contributed by atoms with E-state index in [4.69, 9.17) is 16.7 Å². The predicted octanol–water partition coefficient (Wildman–Crippen LogP) is 1.14. The van der Waals surface area contributed by atoms with Crippen LogP contribution in [0.3, 0.4) is 0 Å². The number of thiazole rings is 1. The van der Waals surface area contributed by atoms with Crippen LogP contribution in [0.4, 0.5) is 5.13 Å². The fourth-order valence-electron chi connectivity index (χ4n) is 2.81. The van der Waals surface area contributed by atoms with Gasteiger partial charge in [-0.3, -0.25) is 4.79 Å². The number of carbonyl (C=O) groups is 2. The number of anilines is 1. The van der Waals surface area contributed by atoms with Gasteiger partial charge in [-0.1, -0.05) is 29.9 Å². The van der Waals surface area contributed by atoms with E-state index < -0.39 is 11.5 Å². The first-order valence-electron chi connectivity index (χ1n) is 8.03. The van der Waals surface area contributed by atoms with Gasteiger partial charge in [0.05, 0.1) is 17.8 Å². The molecule has 136 valence electrons. The molecule has 0 radical (unpaired) electrons. The average Bonchev–Trinajstić information content (AvgIpc) is 3.07. The fraction of sp³-hybridized carbons (Fsp3) is 0.600. The highest BCUT2D eigenvalue weighted by molar-refractivity contribution is 7.17. The van der Waals surface area contributed by atoms with E-state index in [9.17, 15) is 9.59 Å². The molecule has 0 aliphatic carbocycles. The summed E-state index contributed by atoms with van der Waals surface area (Å²) in [4.78, 5) is 36.1. The van der Waals surface area contributed by atoms with E-state index in [-0.39, 0.29) is 22.9 Å². The lowest BCUT2D eigenvalue weighted by Gasteiger charge is -2.43. The Bertz CT molecular complexity index is 731. The van der Waals surface area contributed by atoms with Gasteiger partial charge in [-0.2, -0.15) is 0 Å². The third-order valence-corrected chi connectivity index (χ3v) is 6.14. The molecule has 1 aromatic heterocycles. The molecule has 0 aromatic carbocycles. The Labute approximate surface area is 154 Å². The zero-order valence-electron chi connectivity index (χ0n) is 14.2. The van der Waals surface area contributed by atoms with Gasteiger partial charge < -0.3 is 20.2 Å². The smallest absolute Gasteiger partial charge is 0.347 e. The number of halogens is 1. The number of carboxylic acid groups (broad SMARTS) is 1. The van der Waals surface area contributed by atoms with Crippen molar-refractivity contribution in [1.29, 1.82) is 0 Å². The van der Waals surface area contributed by atoms with Gasteiger partial charge in [0.1, 0.15) is 10.4 Å². The van der Waals surface area contributed by atoms with Crippen molar-refractivity contribution in [3.63, 3.8) is 0 Å². The van der Waals surface area contributed by atoms with Gasteiger partial charge in [-0.15, -0.1) is 0 Å². The Morgan fingerprint density at radius 3 is 2.68 bits per heavy atom. The molecule has 1 fully saturated rings. The first kappa shape index (κ1) is 17.9. The van der Waals surface area contributed by atoms with Gasteiger partial charge in [0.2, 0.25) is 0 Å². The van der Waals surface area contributed by atoms with E-state index >= 15 is 0 Å². The molecule has 0 bridgehead atoms. The van der Waals surface area contributed by atoms with Crippen molar-refractivity contribution in [2.75, 3.05) is 25.0 Å². The molecular weight excluding hydrogens is 366 g/mol. The number of nitrogens with zero attached hydrogens (tertiary/aromatic N) is 4. The van der Waals surface area contributed by atoms with Crippen molar-refractivity contribution >= 4 is 45.8 Å². The molecule has 0 saturated carbocycles. The molecule has 1 saturated heterocycles. The van der Waals surface area contributed by atoms with Crippen LogP contribution in [0.15, 0.2) is 4.99 Å². The number of aryl methyl sites for hydroxylation is 1. The second-order valence-electron chi connectivity index (χ2n) is 6.20. The summed E-state index contributed by atoms with van der Waals surface area (Å²) in [6.45, 7) is 4.91.